The molecule has 1 aromatic rings. The fourth-order valence-electron chi connectivity index (χ4n) is 2.19. The van der Waals surface area contributed by atoms with Crippen molar-refractivity contribution in [3.05, 3.63) is 35.6 Å². The van der Waals surface area contributed by atoms with Gasteiger partial charge < -0.3 is 11.1 Å². The number of hydrogen-bond donors (Lipinski definition) is 2. The Hall–Kier alpha value is -1.42. The van der Waals surface area contributed by atoms with Crippen LogP contribution in [0.5, 0.6) is 0 Å². The quantitative estimate of drug-likeness (QED) is 0.806. The summed E-state index contributed by atoms with van der Waals surface area (Å²) in [7, 11) is 0. The van der Waals surface area contributed by atoms with Crippen LogP contribution in [0.1, 0.15) is 51.6 Å². The molecule has 0 aromatic heterocycles. The third kappa shape index (κ3) is 5.29. The van der Waals surface area contributed by atoms with Crippen LogP contribution in [0.2, 0.25) is 0 Å². The number of benzene rings is 1. The van der Waals surface area contributed by atoms with Crippen molar-refractivity contribution in [2.45, 2.75) is 46.1 Å². The second-order valence-corrected chi connectivity index (χ2v) is 6.01. The van der Waals surface area contributed by atoms with Gasteiger partial charge in [0.05, 0.1) is 6.04 Å². The van der Waals surface area contributed by atoms with Crippen molar-refractivity contribution in [1.29, 1.82) is 0 Å². The standard InChI is InChI=1S/C16H25FN2O/c1-12(13-6-4-5-7-14(13)17)19-15(20)8-9-16(2,3)10-11-18/h4-7,12H,8-11,18H2,1-3H3,(H,19,20)/t12-/m1/s1. The molecule has 0 radical (unpaired) electrons. The molecule has 0 aliphatic rings. The van der Waals surface area contributed by atoms with E-state index in [1.54, 1.807) is 25.1 Å². The Morgan fingerprint density at radius 3 is 2.60 bits per heavy atom. The van der Waals surface area contributed by atoms with E-state index in [0.29, 0.717) is 18.5 Å². The van der Waals surface area contributed by atoms with Crippen LogP contribution in [0.25, 0.3) is 0 Å². The molecule has 1 aromatic carbocycles. The van der Waals surface area contributed by atoms with Crippen molar-refractivity contribution in [2.24, 2.45) is 11.1 Å². The Kier molecular flexibility index (Phi) is 6.14. The van der Waals surface area contributed by atoms with Crippen molar-refractivity contribution in [1.82, 2.24) is 5.32 Å². The number of amides is 1. The average Bonchev–Trinajstić information content (AvgIpc) is 2.37. The van der Waals surface area contributed by atoms with E-state index < -0.39 is 0 Å². The molecule has 0 heterocycles. The molecular formula is C16H25FN2O. The minimum atomic E-state index is -0.318. The SMILES string of the molecule is C[C@@H](NC(=O)CCC(C)(C)CCN)c1ccccc1F. The molecule has 0 spiro atoms. The minimum absolute atomic E-state index is 0.0501. The van der Waals surface area contributed by atoms with Crippen LogP contribution in [0.15, 0.2) is 24.3 Å². The molecule has 0 aliphatic carbocycles. The Balaban J connectivity index is 2.49. The smallest absolute Gasteiger partial charge is 0.220 e. The summed E-state index contributed by atoms with van der Waals surface area (Å²) in [5.41, 5.74) is 6.13. The second-order valence-electron chi connectivity index (χ2n) is 6.01. The molecule has 0 aliphatic heterocycles. The molecule has 112 valence electrons. The Labute approximate surface area is 120 Å². The highest BCUT2D eigenvalue weighted by Gasteiger charge is 2.19. The Bertz CT molecular complexity index is 446. The molecule has 3 N–H and O–H groups in total. The van der Waals surface area contributed by atoms with Gasteiger partial charge in [0.1, 0.15) is 5.82 Å². The van der Waals surface area contributed by atoms with Gasteiger partial charge >= 0.3 is 0 Å². The minimum Gasteiger partial charge on any atom is -0.349 e. The molecule has 20 heavy (non-hydrogen) atoms. The number of nitrogens with one attached hydrogen (secondary N) is 1. The summed E-state index contributed by atoms with van der Waals surface area (Å²) in [6, 6.07) is 6.19. The number of nitrogens with two attached hydrogens (primary N) is 1. The number of carbonyl (C=O) groups excluding carboxylic acids is 1. The monoisotopic (exact) mass is 280 g/mol. The molecule has 0 fully saturated rings. The Morgan fingerprint density at radius 2 is 2.00 bits per heavy atom. The fourth-order valence-corrected chi connectivity index (χ4v) is 2.19. The zero-order valence-corrected chi connectivity index (χ0v) is 12.6. The van der Waals surface area contributed by atoms with Gasteiger partial charge in [0, 0.05) is 12.0 Å². The van der Waals surface area contributed by atoms with E-state index in [-0.39, 0.29) is 23.2 Å². The van der Waals surface area contributed by atoms with Crippen molar-refractivity contribution >= 4 is 5.91 Å². The third-order valence-corrected chi connectivity index (χ3v) is 3.60. The van der Waals surface area contributed by atoms with Gasteiger partial charge in [-0.2, -0.15) is 0 Å². The van der Waals surface area contributed by atoms with Crippen molar-refractivity contribution in [3.63, 3.8) is 0 Å². The molecule has 1 atom stereocenters. The maximum Gasteiger partial charge on any atom is 0.220 e. The maximum atomic E-state index is 13.6. The van der Waals surface area contributed by atoms with Crippen LogP contribution in [-0.4, -0.2) is 12.5 Å². The predicted molar refractivity (Wildman–Crippen MR) is 79.6 cm³/mol. The first-order valence-electron chi connectivity index (χ1n) is 7.09. The van der Waals surface area contributed by atoms with E-state index in [1.165, 1.54) is 6.07 Å². The largest absolute Gasteiger partial charge is 0.349 e. The van der Waals surface area contributed by atoms with E-state index in [9.17, 15) is 9.18 Å². The van der Waals surface area contributed by atoms with Crippen LogP contribution < -0.4 is 11.1 Å². The lowest BCUT2D eigenvalue weighted by molar-refractivity contribution is -0.122. The van der Waals surface area contributed by atoms with Crippen LogP contribution in [0, 0.1) is 11.2 Å². The molecular weight excluding hydrogens is 255 g/mol. The normalized spacial score (nSPS) is 13.1. The highest BCUT2D eigenvalue weighted by Crippen LogP contribution is 2.26. The zero-order valence-electron chi connectivity index (χ0n) is 12.6. The second kappa shape index (κ2) is 7.39. The van der Waals surface area contributed by atoms with Crippen molar-refractivity contribution in [2.75, 3.05) is 6.54 Å². The van der Waals surface area contributed by atoms with Gasteiger partial charge in [-0.25, -0.2) is 4.39 Å². The van der Waals surface area contributed by atoms with E-state index >= 15 is 0 Å². The van der Waals surface area contributed by atoms with Crippen molar-refractivity contribution in [3.8, 4) is 0 Å². The topological polar surface area (TPSA) is 55.1 Å². The van der Waals surface area contributed by atoms with Crippen LogP contribution >= 0.6 is 0 Å². The molecule has 0 saturated heterocycles. The van der Waals surface area contributed by atoms with Gasteiger partial charge in [0.25, 0.3) is 0 Å². The maximum absolute atomic E-state index is 13.6. The summed E-state index contributed by atoms with van der Waals surface area (Å²) in [6.45, 7) is 6.63. The van der Waals surface area contributed by atoms with Gasteiger partial charge in [-0.05, 0) is 37.8 Å². The molecule has 0 saturated carbocycles. The predicted octanol–water partition coefficient (Wildman–Crippen LogP) is 3.16. The first-order chi connectivity index (χ1) is 9.35. The van der Waals surface area contributed by atoms with Gasteiger partial charge in [-0.15, -0.1) is 0 Å². The van der Waals surface area contributed by atoms with Gasteiger partial charge in [-0.3, -0.25) is 4.79 Å². The molecule has 1 amide bonds. The van der Waals surface area contributed by atoms with E-state index in [2.05, 4.69) is 19.2 Å². The molecule has 3 nitrogen and oxygen atoms in total. The van der Waals surface area contributed by atoms with E-state index in [4.69, 9.17) is 5.73 Å². The molecule has 0 bridgehead atoms. The highest BCUT2D eigenvalue weighted by atomic mass is 19.1. The summed E-state index contributed by atoms with van der Waals surface area (Å²) in [5.74, 6) is -0.338. The highest BCUT2D eigenvalue weighted by molar-refractivity contribution is 5.76. The van der Waals surface area contributed by atoms with E-state index in [1.807, 2.05) is 0 Å². The van der Waals surface area contributed by atoms with Crippen LogP contribution in [0.3, 0.4) is 0 Å². The molecule has 0 unspecified atom stereocenters. The van der Waals surface area contributed by atoms with Crippen LogP contribution in [-0.2, 0) is 4.79 Å². The van der Waals surface area contributed by atoms with Crippen molar-refractivity contribution < 1.29 is 9.18 Å². The third-order valence-electron chi connectivity index (χ3n) is 3.60. The lowest BCUT2D eigenvalue weighted by atomic mass is 9.84. The summed E-state index contributed by atoms with van der Waals surface area (Å²) < 4.78 is 13.6. The average molecular weight is 280 g/mol. The van der Waals surface area contributed by atoms with E-state index in [0.717, 1.165) is 12.8 Å². The first kappa shape index (κ1) is 16.6. The van der Waals surface area contributed by atoms with Gasteiger partial charge in [0.15, 0.2) is 0 Å². The van der Waals surface area contributed by atoms with Gasteiger partial charge in [0.2, 0.25) is 5.91 Å². The Morgan fingerprint density at radius 1 is 1.35 bits per heavy atom. The van der Waals surface area contributed by atoms with Gasteiger partial charge in [-0.1, -0.05) is 32.0 Å². The number of carbonyl (C=O) groups is 1. The molecule has 1 rings (SSSR count). The zero-order chi connectivity index (χ0) is 15.2. The summed E-state index contributed by atoms with van der Waals surface area (Å²) in [5, 5.41) is 2.84. The summed E-state index contributed by atoms with van der Waals surface area (Å²) in [4.78, 5) is 11.9. The summed E-state index contributed by atoms with van der Waals surface area (Å²) >= 11 is 0. The lowest BCUT2D eigenvalue weighted by Gasteiger charge is -2.24. The number of rotatable bonds is 7. The number of halogens is 1. The first-order valence-corrected chi connectivity index (χ1v) is 7.09. The lowest BCUT2D eigenvalue weighted by Crippen LogP contribution is -2.28. The van der Waals surface area contributed by atoms with Crippen LogP contribution in [0.4, 0.5) is 4.39 Å². The fraction of sp³-hybridized carbons (Fsp3) is 0.562. The number of hydrogen-bond acceptors (Lipinski definition) is 2. The summed E-state index contributed by atoms with van der Waals surface area (Å²) in [6.07, 6.45) is 2.11. The molecule has 4 heteroatoms.